The molecule has 2 atom stereocenters. The molecular formula is C13H22N2O2S2. The molecule has 1 aromatic heterocycles. The van der Waals surface area contributed by atoms with Gasteiger partial charge >= 0.3 is 0 Å². The third-order valence-electron chi connectivity index (χ3n) is 3.63. The molecule has 2 heterocycles. The highest BCUT2D eigenvalue weighted by Crippen LogP contribution is 2.24. The summed E-state index contributed by atoms with van der Waals surface area (Å²) in [5.41, 5.74) is 1.11. The summed E-state index contributed by atoms with van der Waals surface area (Å²) in [6.45, 7) is 2.13. The molecule has 1 aliphatic rings. The first-order chi connectivity index (χ1) is 8.98. The topological polar surface area (TPSA) is 59.1 Å². The molecule has 0 spiro atoms. The number of rotatable bonds is 5. The lowest BCUT2D eigenvalue weighted by molar-refractivity contribution is 0.482. The van der Waals surface area contributed by atoms with Crippen molar-refractivity contribution in [1.82, 2.24) is 10.3 Å². The monoisotopic (exact) mass is 302 g/mol. The van der Waals surface area contributed by atoms with Crippen LogP contribution < -0.4 is 5.32 Å². The molecule has 1 aliphatic heterocycles. The zero-order valence-electron chi connectivity index (χ0n) is 11.6. The van der Waals surface area contributed by atoms with Gasteiger partial charge in [-0.15, -0.1) is 11.3 Å². The van der Waals surface area contributed by atoms with Crippen LogP contribution in [-0.4, -0.2) is 38.0 Å². The van der Waals surface area contributed by atoms with E-state index in [9.17, 15) is 8.42 Å². The van der Waals surface area contributed by atoms with Crippen molar-refractivity contribution in [2.24, 2.45) is 5.92 Å². The summed E-state index contributed by atoms with van der Waals surface area (Å²) in [7, 11) is -0.852. The first-order valence-corrected chi connectivity index (χ1v) is 9.49. The molecule has 1 N–H and O–H groups in total. The number of nitrogens with zero attached hydrogens (tertiary/aromatic N) is 1. The smallest absolute Gasteiger partial charge is 0.150 e. The Morgan fingerprint density at radius 2 is 2.37 bits per heavy atom. The van der Waals surface area contributed by atoms with Gasteiger partial charge in [-0.2, -0.15) is 0 Å². The Morgan fingerprint density at radius 1 is 1.58 bits per heavy atom. The lowest BCUT2D eigenvalue weighted by Crippen LogP contribution is -2.26. The number of aromatic nitrogens is 1. The second-order valence-electron chi connectivity index (χ2n) is 5.45. The van der Waals surface area contributed by atoms with Crippen LogP contribution in [-0.2, 0) is 22.7 Å². The fourth-order valence-electron chi connectivity index (χ4n) is 2.48. The highest BCUT2D eigenvalue weighted by molar-refractivity contribution is 7.91. The Labute approximate surface area is 119 Å². The average molecular weight is 302 g/mol. The first kappa shape index (κ1) is 14.9. The zero-order chi connectivity index (χ0) is 13.9. The second-order valence-corrected chi connectivity index (χ2v) is 8.62. The van der Waals surface area contributed by atoms with Crippen LogP contribution in [0.4, 0.5) is 0 Å². The summed E-state index contributed by atoms with van der Waals surface area (Å²) in [6, 6.07) is 0.421. The van der Waals surface area contributed by atoms with Gasteiger partial charge in [0.2, 0.25) is 0 Å². The molecule has 108 valence electrons. The van der Waals surface area contributed by atoms with Crippen molar-refractivity contribution in [1.29, 1.82) is 0 Å². The third-order valence-corrected chi connectivity index (χ3v) is 6.44. The molecule has 1 aromatic rings. The minimum Gasteiger partial charge on any atom is -0.317 e. The number of hydrogen-bond donors (Lipinski definition) is 1. The molecular weight excluding hydrogens is 280 g/mol. The van der Waals surface area contributed by atoms with E-state index in [1.54, 1.807) is 11.3 Å². The molecule has 4 nitrogen and oxygen atoms in total. The standard InChI is InChI=1S/C13H22N2O2S2/c1-10(14-2)6-12-8-18-13(15-12)7-11-4-3-5-19(16,17)9-11/h8,10-11,14H,3-7,9H2,1-2H3. The van der Waals surface area contributed by atoms with Gasteiger partial charge in [-0.3, -0.25) is 0 Å². The summed E-state index contributed by atoms with van der Waals surface area (Å²) in [5, 5.41) is 6.38. The van der Waals surface area contributed by atoms with E-state index in [1.165, 1.54) is 0 Å². The Hall–Kier alpha value is -0.460. The number of thiazole rings is 1. The maximum absolute atomic E-state index is 11.6. The maximum Gasteiger partial charge on any atom is 0.150 e. The summed E-state index contributed by atoms with van der Waals surface area (Å²) in [4.78, 5) is 4.62. The van der Waals surface area contributed by atoms with Gasteiger partial charge < -0.3 is 5.32 Å². The molecule has 1 saturated heterocycles. The summed E-state index contributed by atoms with van der Waals surface area (Å²) < 4.78 is 23.2. The van der Waals surface area contributed by atoms with Gasteiger partial charge in [0.25, 0.3) is 0 Å². The Balaban J connectivity index is 1.92. The van der Waals surface area contributed by atoms with Gasteiger partial charge in [-0.05, 0) is 32.7 Å². The van der Waals surface area contributed by atoms with Gasteiger partial charge in [0, 0.05) is 24.3 Å². The van der Waals surface area contributed by atoms with E-state index in [2.05, 4.69) is 22.6 Å². The van der Waals surface area contributed by atoms with E-state index >= 15 is 0 Å². The van der Waals surface area contributed by atoms with Gasteiger partial charge in [0.15, 0.2) is 9.84 Å². The normalized spacial score (nSPS) is 24.2. The van der Waals surface area contributed by atoms with Crippen molar-refractivity contribution in [3.8, 4) is 0 Å². The maximum atomic E-state index is 11.6. The van der Waals surface area contributed by atoms with E-state index in [-0.39, 0.29) is 5.92 Å². The minimum atomic E-state index is -2.80. The van der Waals surface area contributed by atoms with Crippen LogP contribution in [0.2, 0.25) is 0 Å². The quantitative estimate of drug-likeness (QED) is 0.899. The van der Waals surface area contributed by atoms with Crippen LogP contribution in [0.3, 0.4) is 0 Å². The average Bonchev–Trinajstić information content (AvgIpc) is 2.75. The lowest BCUT2D eigenvalue weighted by Gasteiger charge is -2.20. The Morgan fingerprint density at radius 3 is 3.05 bits per heavy atom. The Kier molecular flexibility index (Phi) is 4.97. The molecule has 0 bridgehead atoms. The van der Waals surface area contributed by atoms with Gasteiger partial charge in [0.05, 0.1) is 22.2 Å². The van der Waals surface area contributed by atoms with E-state index in [0.29, 0.717) is 17.5 Å². The lowest BCUT2D eigenvalue weighted by atomic mass is 10.0. The second kappa shape index (κ2) is 6.33. The van der Waals surface area contributed by atoms with Gasteiger partial charge in [-0.25, -0.2) is 13.4 Å². The van der Waals surface area contributed by atoms with Crippen molar-refractivity contribution in [3.63, 3.8) is 0 Å². The summed E-state index contributed by atoms with van der Waals surface area (Å²) in [5.74, 6) is 0.973. The van der Waals surface area contributed by atoms with Crippen LogP contribution in [0, 0.1) is 5.92 Å². The van der Waals surface area contributed by atoms with Crippen molar-refractivity contribution in [2.45, 2.75) is 38.6 Å². The molecule has 0 amide bonds. The van der Waals surface area contributed by atoms with Crippen molar-refractivity contribution in [3.05, 3.63) is 16.1 Å². The molecule has 1 fully saturated rings. The predicted octanol–water partition coefficient (Wildman–Crippen LogP) is 1.66. The minimum absolute atomic E-state index is 0.263. The van der Waals surface area contributed by atoms with Crippen LogP contribution >= 0.6 is 11.3 Å². The molecule has 0 radical (unpaired) electrons. The van der Waals surface area contributed by atoms with Crippen molar-refractivity contribution in [2.75, 3.05) is 18.6 Å². The molecule has 0 aliphatic carbocycles. The van der Waals surface area contributed by atoms with E-state index < -0.39 is 9.84 Å². The van der Waals surface area contributed by atoms with Crippen molar-refractivity contribution >= 4 is 21.2 Å². The number of hydrogen-bond acceptors (Lipinski definition) is 5. The first-order valence-electron chi connectivity index (χ1n) is 6.79. The third kappa shape index (κ3) is 4.54. The highest BCUT2D eigenvalue weighted by atomic mass is 32.2. The van der Waals surface area contributed by atoms with Crippen LogP contribution in [0.1, 0.15) is 30.5 Å². The molecule has 0 aromatic carbocycles. The van der Waals surface area contributed by atoms with Gasteiger partial charge in [-0.1, -0.05) is 0 Å². The molecule has 0 saturated carbocycles. The molecule has 6 heteroatoms. The van der Waals surface area contributed by atoms with E-state index in [1.807, 2.05) is 7.05 Å². The highest BCUT2D eigenvalue weighted by Gasteiger charge is 2.25. The van der Waals surface area contributed by atoms with Crippen LogP contribution in [0.5, 0.6) is 0 Å². The summed E-state index contributed by atoms with van der Waals surface area (Å²) >= 11 is 1.66. The number of nitrogens with one attached hydrogen (secondary N) is 1. The largest absolute Gasteiger partial charge is 0.317 e. The molecule has 19 heavy (non-hydrogen) atoms. The zero-order valence-corrected chi connectivity index (χ0v) is 13.2. The fourth-order valence-corrected chi connectivity index (χ4v) is 5.18. The molecule has 2 unspecified atom stereocenters. The fraction of sp³-hybridized carbons (Fsp3) is 0.769. The Bertz CT molecular complexity index is 510. The van der Waals surface area contributed by atoms with E-state index in [0.717, 1.165) is 36.4 Å². The predicted molar refractivity (Wildman–Crippen MR) is 79.4 cm³/mol. The SMILES string of the molecule is CNC(C)Cc1csc(CC2CCCS(=O)(=O)C2)n1. The van der Waals surface area contributed by atoms with Crippen LogP contribution in [0.15, 0.2) is 5.38 Å². The summed E-state index contributed by atoms with van der Waals surface area (Å²) in [6.07, 6.45) is 3.57. The number of sulfone groups is 1. The number of likely N-dealkylation sites (N-methyl/N-ethyl adjacent to an activating group) is 1. The molecule has 2 rings (SSSR count). The van der Waals surface area contributed by atoms with Crippen LogP contribution in [0.25, 0.3) is 0 Å². The van der Waals surface area contributed by atoms with E-state index in [4.69, 9.17) is 0 Å². The van der Waals surface area contributed by atoms with Crippen molar-refractivity contribution < 1.29 is 8.42 Å². The van der Waals surface area contributed by atoms with Gasteiger partial charge in [0.1, 0.15) is 0 Å².